The van der Waals surface area contributed by atoms with Gasteiger partial charge in [-0.2, -0.15) is 0 Å². The highest BCUT2D eigenvalue weighted by molar-refractivity contribution is 5.76. The van der Waals surface area contributed by atoms with E-state index >= 15 is 0 Å². The Kier molecular flexibility index (Phi) is 17.4. The Hall–Kier alpha value is -0.610. The van der Waals surface area contributed by atoms with Gasteiger partial charge >= 0.3 is 0 Å². The van der Waals surface area contributed by atoms with Gasteiger partial charge in [0.15, 0.2) is 5.85 Å². The molecule has 0 radical (unpaired) electrons. The lowest BCUT2D eigenvalue weighted by atomic mass is 10.0. The fourth-order valence-electron chi connectivity index (χ4n) is 3.40. The molecule has 0 bridgehead atoms. The maximum absolute atomic E-state index is 11.7. The van der Waals surface area contributed by atoms with Crippen molar-refractivity contribution in [2.24, 2.45) is 5.73 Å². The highest BCUT2D eigenvalue weighted by atomic mass is 16.3. The third-order valence-corrected chi connectivity index (χ3v) is 4.99. The summed E-state index contributed by atoms with van der Waals surface area (Å²) in [5.74, 6) is -1.68. The van der Waals surface area contributed by atoms with E-state index in [4.69, 9.17) is 5.73 Å². The summed E-state index contributed by atoms with van der Waals surface area (Å²) in [6.07, 6.45) is 21.3. The smallest absolute Gasteiger partial charge is 0.223 e. The molecule has 0 aromatic rings. The first kappa shape index (κ1) is 25.4. The molecule has 0 spiro atoms. The molecule has 0 heterocycles. The Morgan fingerprint density at radius 3 is 1.50 bits per heavy atom. The van der Waals surface area contributed by atoms with Crippen molar-refractivity contribution in [1.29, 1.82) is 0 Å². The van der Waals surface area contributed by atoms with Crippen molar-refractivity contribution in [3.8, 4) is 0 Å². The molecule has 0 aromatic heterocycles. The molecule has 0 rings (SSSR count). The van der Waals surface area contributed by atoms with Crippen LogP contribution in [0.5, 0.6) is 0 Å². The van der Waals surface area contributed by atoms with Gasteiger partial charge in [-0.15, -0.1) is 0 Å². The SMILES string of the molecule is CCCCCCCCCCCCCCCCCC(=O)NC(N)(O)CCC. The summed E-state index contributed by atoms with van der Waals surface area (Å²) >= 11 is 0. The minimum atomic E-state index is -1.54. The fourth-order valence-corrected chi connectivity index (χ4v) is 3.40. The lowest BCUT2D eigenvalue weighted by Gasteiger charge is -2.23. The summed E-state index contributed by atoms with van der Waals surface area (Å²) in [6.45, 7) is 4.20. The van der Waals surface area contributed by atoms with E-state index in [1.165, 1.54) is 83.5 Å². The zero-order chi connectivity index (χ0) is 19.5. The molecule has 0 aliphatic carbocycles. The average molecular weight is 371 g/mol. The van der Waals surface area contributed by atoms with Crippen LogP contribution in [0.15, 0.2) is 0 Å². The van der Waals surface area contributed by atoms with Gasteiger partial charge in [0.1, 0.15) is 0 Å². The van der Waals surface area contributed by atoms with Crippen LogP contribution < -0.4 is 11.1 Å². The second-order valence-corrected chi connectivity index (χ2v) is 7.92. The van der Waals surface area contributed by atoms with Crippen molar-refractivity contribution in [3.63, 3.8) is 0 Å². The van der Waals surface area contributed by atoms with Crippen molar-refractivity contribution < 1.29 is 9.90 Å². The Bertz CT molecular complexity index is 319. The molecule has 1 atom stereocenters. The number of carbonyl (C=O) groups is 1. The lowest BCUT2D eigenvalue weighted by Crippen LogP contribution is -2.55. The summed E-state index contributed by atoms with van der Waals surface area (Å²) in [7, 11) is 0. The lowest BCUT2D eigenvalue weighted by molar-refractivity contribution is -0.129. The van der Waals surface area contributed by atoms with Crippen molar-refractivity contribution in [2.45, 2.75) is 135 Å². The minimum absolute atomic E-state index is 0.141. The highest BCUT2D eigenvalue weighted by Gasteiger charge is 2.21. The van der Waals surface area contributed by atoms with Crippen LogP contribution in [-0.4, -0.2) is 16.9 Å². The van der Waals surface area contributed by atoms with Crippen LogP contribution in [0, 0.1) is 0 Å². The molecule has 0 fully saturated rings. The zero-order valence-corrected chi connectivity index (χ0v) is 17.7. The summed E-state index contributed by atoms with van der Waals surface area (Å²) in [6, 6.07) is 0. The van der Waals surface area contributed by atoms with Gasteiger partial charge in [-0.05, 0) is 6.42 Å². The second-order valence-electron chi connectivity index (χ2n) is 7.92. The Morgan fingerprint density at radius 2 is 1.12 bits per heavy atom. The molecule has 26 heavy (non-hydrogen) atoms. The van der Waals surface area contributed by atoms with E-state index in [1.54, 1.807) is 0 Å². The molecule has 1 unspecified atom stereocenters. The number of rotatable bonds is 19. The topological polar surface area (TPSA) is 75.4 Å². The molecule has 4 heteroatoms. The standard InChI is InChI=1S/C22H46N2O2/c1-3-5-6-7-8-9-10-11-12-13-14-15-16-17-18-19-21(25)24-22(23,26)20-4-2/h26H,3-20,23H2,1-2H3,(H,24,25). The molecule has 0 saturated carbocycles. The van der Waals surface area contributed by atoms with Crippen molar-refractivity contribution in [2.75, 3.05) is 0 Å². The van der Waals surface area contributed by atoms with E-state index in [0.717, 1.165) is 19.3 Å². The first-order valence-corrected chi connectivity index (χ1v) is 11.3. The van der Waals surface area contributed by atoms with Gasteiger partial charge in [0, 0.05) is 12.8 Å². The molecule has 0 saturated heterocycles. The van der Waals surface area contributed by atoms with E-state index in [1.807, 2.05) is 6.92 Å². The van der Waals surface area contributed by atoms with E-state index in [9.17, 15) is 9.90 Å². The fraction of sp³-hybridized carbons (Fsp3) is 0.955. The van der Waals surface area contributed by atoms with Crippen molar-refractivity contribution >= 4 is 5.91 Å². The van der Waals surface area contributed by atoms with Gasteiger partial charge in [-0.25, -0.2) is 0 Å². The van der Waals surface area contributed by atoms with Gasteiger partial charge in [-0.3, -0.25) is 10.5 Å². The third kappa shape index (κ3) is 18.2. The van der Waals surface area contributed by atoms with Crippen LogP contribution in [0.4, 0.5) is 0 Å². The highest BCUT2D eigenvalue weighted by Crippen LogP contribution is 2.13. The van der Waals surface area contributed by atoms with Gasteiger partial charge in [0.2, 0.25) is 5.91 Å². The van der Waals surface area contributed by atoms with Crippen LogP contribution in [0.2, 0.25) is 0 Å². The number of carbonyl (C=O) groups excluding carboxylic acids is 1. The van der Waals surface area contributed by atoms with Crippen molar-refractivity contribution in [3.05, 3.63) is 0 Å². The molecule has 0 aliphatic rings. The third-order valence-electron chi connectivity index (χ3n) is 4.99. The average Bonchev–Trinajstić information content (AvgIpc) is 2.57. The Labute approximate surface area is 162 Å². The zero-order valence-electron chi connectivity index (χ0n) is 17.7. The Morgan fingerprint density at radius 1 is 0.731 bits per heavy atom. The van der Waals surface area contributed by atoms with E-state index in [0.29, 0.717) is 12.8 Å². The normalized spacial score (nSPS) is 13.5. The summed E-state index contributed by atoms with van der Waals surface area (Å²) < 4.78 is 0. The number of hydrogen-bond acceptors (Lipinski definition) is 3. The van der Waals surface area contributed by atoms with E-state index in [-0.39, 0.29) is 5.91 Å². The predicted octanol–water partition coefficient (Wildman–Crippen LogP) is 5.77. The van der Waals surface area contributed by atoms with Gasteiger partial charge < -0.3 is 10.4 Å². The predicted molar refractivity (Wildman–Crippen MR) is 112 cm³/mol. The van der Waals surface area contributed by atoms with Gasteiger partial charge in [-0.1, -0.05) is 110 Å². The molecule has 4 N–H and O–H groups in total. The number of nitrogens with one attached hydrogen (secondary N) is 1. The number of aliphatic hydroxyl groups is 1. The Balaban J connectivity index is 3.25. The maximum Gasteiger partial charge on any atom is 0.223 e. The first-order chi connectivity index (χ1) is 12.5. The number of nitrogens with two attached hydrogens (primary N) is 1. The van der Waals surface area contributed by atoms with E-state index in [2.05, 4.69) is 12.2 Å². The quantitative estimate of drug-likeness (QED) is 0.199. The van der Waals surface area contributed by atoms with Gasteiger partial charge in [0.25, 0.3) is 0 Å². The van der Waals surface area contributed by atoms with E-state index < -0.39 is 5.85 Å². The molecule has 0 aromatic carbocycles. The van der Waals surface area contributed by atoms with Gasteiger partial charge in [0.05, 0.1) is 0 Å². The maximum atomic E-state index is 11.7. The van der Waals surface area contributed by atoms with Crippen LogP contribution in [-0.2, 0) is 4.79 Å². The molecule has 4 nitrogen and oxygen atoms in total. The second kappa shape index (κ2) is 17.8. The molecule has 0 aliphatic heterocycles. The largest absolute Gasteiger partial charge is 0.359 e. The molecular formula is C22H46N2O2. The summed E-state index contributed by atoms with van der Waals surface area (Å²) in [4.78, 5) is 11.7. The minimum Gasteiger partial charge on any atom is -0.359 e. The summed E-state index contributed by atoms with van der Waals surface area (Å²) in [5.41, 5.74) is 5.61. The molecule has 1 amide bonds. The van der Waals surface area contributed by atoms with Crippen molar-refractivity contribution in [1.82, 2.24) is 5.32 Å². The van der Waals surface area contributed by atoms with Crippen LogP contribution >= 0.6 is 0 Å². The molecular weight excluding hydrogens is 324 g/mol. The van der Waals surface area contributed by atoms with Crippen LogP contribution in [0.25, 0.3) is 0 Å². The van der Waals surface area contributed by atoms with Crippen LogP contribution in [0.1, 0.15) is 129 Å². The number of unbranched alkanes of at least 4 members (excludes halogenated alkanes) is 14. The molecule has 156 valence electrons. The monoisotopic (exact) mass is 370 g/mol. The number of amides is 1. The summed E-state index contributed by atoms with van der Waals surface area (Å²) in [5, 5.41) is 12.3. The number of hydrogen-bond donors (Lipinski definition) is 3. The first-order valence-electron chi connectivity index (χ1n) is 11.3. The van der Waals surface area contributed by atoms with Crippen LogP contribution in [0.3, 0.4) is 0 Å².